The first-order chi connectivity index (χ1) is 11.0. The van der Waals surface area contributed by atoms with E-state index in [1.807, 2.05) is 32.9 Å². The number of hydrogen-bond donors (Lipinski definition) is 1. The maximum atomic E-state index is 12.5. The van der Waals surface area contributed by atoms with Crippen LogP contribution in [-0.2, 0) is 6.54 Å². The summed E-state index contributed by atoms with van der Waals surface area (Å²) in [6.45, 7) is 6.87. The van der Waals surface area contributed by atoms with Crippen LogP contribution in [0.15, 0.2) is 30.5 Å². The minimum atomic E-state index is -0.196. The van der Waals surface area contributed by atoms with E-state index < -0.39 is 0 Å². The molecule has 7 heteroatoms. The van der Waals surface area contributed by atoms with E-state index in [0.29, 0.717) is 24.7 Å². The maximum Gasteiger partial charge on any atom is 0.322 e. The molecule has 0 spiro atoms. The molecule has 0 radical (unpaired) electrons. The van der Waals surface area contributed by atoms with Gasteiger partial charge < -0.3 is 15.0 Å². The molecule has 2 aromatic rings. The summed E-state index contributed by atoms with van der Waals surface area (Å²) >= 11 is 7.41. The Hall–Kier alpha value is -1.79. The normalized spacial score (nSPS) is 10.7. The first kappa shape index (κ1) is 17.6. The standard InChI is InChI=1S/C16H20ClN3O2S/c1-4-20(10-12-7-8-14(17)23-12)16(21)19-13-6-5-9-18-15(13)22-11(2)3/h5-9,11H,4,10H2,1-3H3,(H,19,21). The molecule has 0 aliphatic heterocycles. The van der Waals surface area contributed by atoms with Gasteiger partial charge in [-0.2, -0.15) is 0 Å². The second kappa shape index (κ2) is 8.17. The molecule has 0 aliphatic carbocycles. The van der Waals surface area contributed by atoms with E-state index in [0.717, 1.165) is 9.21 Å². The van der Waals surface area contributed by atoms with Gasteiger partial charge in [-0.15, -0.1) is 11.3 Å². The van der Waals surface area contributed by atoms with Crippen LogP contribution in [0.5, 0.6) is 5.88 Å². The zero-order chi connectivity index (χ0) is 16.8. The summed E-state index contributed by atoms with van der Waals surface area (Å²) in [4.78, 5) is 19.4. The molecule has 0 atom stereocenters. The van der Waals surface area contributed by atoms with Crippen LogP contribution >= 0.6 is 22.9 Å². The van der Waals surface area contributed by atoms with E-state index in [-0.39, 0.29) is 12.1 Å². The van der Waals surface area contributed by atoms with Gasteiger partial charge in [0.2, 0.25) is 5.88 Å². The van der Waals surface area contributed by atoms with E-state index in [4.69, 9.17) is 16.3 Å². The van der Waals surface area contributed by atoms with Gasteiger partial charge in [0.25, 0.3) is 0 Å². The molecule has 0 fully saturated rings. The largest absolute Gasteiger partial charge is 0.473 e. The van der Waals surface area contributed by atoms with Gasteiger partial charge in [0.05, 0.1) is 17.0 Å². The summed E-state index contributed by atoms with van der Waals surface area (Å²) < 4.78 is 6.34. The third-order valence-electron chi connectivity index (χ3n) is 3.00. The number of amides is 2. The summed E-state index contributed by atoms with van der Waals surface area (Å²) in [5, 5.41) is 2.87. The van der Waals surface area contributed by atoms with Crippen molar-refractivity contribution in [2.75, 3.05) is 11.9 Å². The van der Waals surface area contributed by atoms with Crippen LogP contribution in [0.1, 0.15) is 25.6 Å². The molecule has 5 nitrogen and oxygen atoms in total. The van der Waals surface area contributed by atoms with Crippen LogP contribution in [0.4, 0.5) is 10.5 Å². The Balaban J connectivity index is 2.07. The number of pyridine rings is 1. The Kier molecular flexibility index (Phi) is 6.24. The molecule has 1 N–H and O–H groups in total. The zero-order valence-corrected chi connectivity index (χ0v) is 14.9. The number of anilines is 1. The molecule has 0 aliphatic rings. The number of carbonyl (C=O) groups is 1. The Bertz CT molecular complexity index is 660. The average Bonchev–Trinajstić information content (AvgIpc) is 2.91. The van der Waals surface area contributed by atoms with Gasteiger partial charge in [-0.05, 0) is 45.0 Å². The van der Waals surface area contributed by atoms with E-state index in [1.54, 1.807) is 23.2 Å². The monoisotopic (exact) mass is 353 g/mol. The summed E-state index contributed by atoms with van der Waals surface area (Å²) in [7, 11) is 0. The highest BCUT2D eigenvalue weighted by Gasteiger charge is 2.16. The van der Waals surface area contributed by atoms with Crippen LogP contribution < -0.4 is 10.1 Å². The Morgan fingerprint density at radius 1 is 1.43 bits per heavy atom. The quantitative estimate of drug-likeness (QED) is 0.823. The second-order valence-corrected chi connectivity index (χ2v) is 6.97. The fraction of sp³-hybridized carbons (Fsp3) is 0.375. The van der Waals surface area contributed by atoms with Crippen molar-refractivity contribution in [1.29, 1.82) is 0 Å². The van der Waals surface area contributed by atoms with Crippen molar-refractivity contribution in [3.05, 3.63) is 39.7 Å². The predicted molar refractivity (Wildman–Crippen MR) is 94.4 cm³/mol. The Morgan fingerprint density at radius 3 is 2.83 bits per heavy atom. The lowest BCUT2D eigenvalue weighted by atomic mass is 10.4. The van der Waals surface area contributed by atoms with E-state index >= 15 is 0 Å². The minimum absolute atomic E-state index is 0.0175. The molecular formula is C16H20ClN3O2S. The third-order valence-corrected chi connectivity index (χ3v) is 4.22. The van der Waals surface area contributed by atoms with Gasteiger partial charge in [-0.1, -0.05) is 11.6 Å². The number of ether oxygens (including phenoxy) is 1. The molecule has 2 amide bonds. The highest BCUT2D eigenvalue weighted by molar-refractivity contribution is 7.16. The SMILES string of the molecule is CCN(Cc1ccc(Cl)s1)C(=O)Nc1cccnc1OC(C)C. The lowest BCUT2D eigenvalue weighted by molar-refractivity contribution is 0.211. The number of rotatable bonds is 6. The van der Waals surface area contributed by atoms with Gasteiger partial charge in [-0.3, -0.25) is 0 Å². The molecule has 0 saturated heterocycles. The van der Waals surface area contributed by atoms with Crippen molar-refractivity contribution in [2.45, 2.75) is 33.4 Å². The molecular weight excluding hydrogens is 334 g/mol. The molecule has 2 heterocycles. The summed E-state index contributed by atoms with van der Waals surface area (Å²) in [5.41, 5.74) is 0.564. The van der Waals surface area contributed by atoms with Gasteiger partial charge in [0.15, 0.2) is 0 Å². The molecule has 124 valence electrons. The Labute approximate surface area is 145 Å². The van der Waals surface area contributed by atoms with Crippen LogP contribution in [0.2, 0.25) is 4.34 Å². The van der Waals surface area contributed by atoms with Crippen molar-refractivity contribution in [3.8, 4) is 5.88 Å². The number of nitrogens with zero attached hydrogens (tertiary/aromatic N) is 2. The average molecular weight is 354 g/mol. The summed E-state index contributed by atoms with van der Waals surface area (Å²) in [6, 6.07) is 7.11. The molecule has 2 aromatic heterocycles. The highest BCUT2D eigenvalue weighted by Crippen LogP contribution is 2.24. The fourth-order valence-corrected chi connectivity index (χ4v) is 3.05. The van der Waals surface area contributed by atoms with E-state index in [2.05, 4.69) is 10.3 Å². The summed E-state index contributed by atoms with van der Waals surface area (Å²) in [6.07, 6.45) is 1.62. The molecule has 0 bridgehead atoms. The van der Waals surface area contributed by atoms with E-state index in [9.17, 15) is 4.79 Å². The maximum absolute atomic E-state index is 12.5. The van der Waals surface area contributed by atoms with Gasteiger partial charge in [0, 0.05) is 17.6 Å². The molecule has 23 heavy (non-hydrogen) atoms. The smallest absolute Gasteiger partial charge is 0.322 e. The predicted octanol–water partition coefficient (Wildman–Crippen LogP) is 4.64. The zero-order valence-electron chi connectivity index (χ0n) is 13.4. The lowest BCUT2D eigenvalue weighted by Gasteiger charge is -2.21. The van der Waals surface area contributed by atoms with Crippen LogP contribution in [-0.4, -0.2) is 28.6 Å². The van der Waals surface area contributed by atoms with Crippen molar-refractivity contribution < 1.29 is 9.53 Å². The van der Waals surface area contributed by atoms with Gasteiger partial charge in [0.1, 0.15) is 5.69 Å². The minimum Gasteiger partial charge on any atom is -0.473 e. The number of thiophene rings is 1. The lowest BCUT2D eigenvalue weighted by Crippen LogP contribution is -2.34. The second-order valence-electron chi connectivity index (χ2n) is 5.17. The highest BCUT2D eigenvalue weighted by atomic mass is 35.5. The van der Waals surface area contributed by atoms with Crippen molar-refractivity contribution in [3.63, 3.8) is 0 Å². The number of urea groups is 1. The molecule has 2 rings (SSSR count). The van der Waals surface area contributed by atoms with Crippen LogP contribution in [0.25, 0.3) is 0 Å². The molecule has 0 saturated carbocycles. The van der Waals surface area contributed by atoms with Crippen molar-refractivity contribution >= 4 is 34.7 Å². The number of aromatic nitrogens is 1. The number of hydrogen-bond acceptors (Lipinski definition) is 4. The van der Waals surface area contributed by atoms with Crippen molar-refractivity contribution in [1.82, 2.24) is 9.88 Å². The third kappa shape index (κ3) is 5.11. The van der Waals surface area contributed by atoms with Crippen molar-refractivity contribution in [2.24, 2.45) is 0 Å². The first-order valence-electron chi connectivity index (χ1n) is 7.41. The first-order valence-corrected chi connectivity index (χ1v) is 8.60. The molecule has 0 unspecified atom stereocenters. The van der Waals surface area contributed by atoms with Crippen LogP contribution in [0.3, 0.4) is 0 Å². The topological polar surface area (TPSA) is 54.5 Å². The van der Waals surface area contributed by atoms with Gasteiger partial charge >= 0.3 is 6.03 Å². The van der Waals surface area contributed by atoms with Gasteiger partial charge in [-0.25, -0.2) is 9.78 Å². The number of halogens is 1. The molecule has 0 aromatic carbocycles. The fourth-order valence-electron chi connectivity index (χ4n) is 1.95. The number of nitrogens with one attached hydrogen (secondary N) is 1. The van der Waals surface area contributed by atoms with Crippen LogP contribution in [0, 0.1) is 0 Å². The Morgan fingerprint density at radius 2 is 2.22 bits per heavy atom. The number of carbonyl (C=O) groups excluding carboxylic acids is 1. The summed E-state index contributed by atoms with van der Waals surface area (Å²) in [5.74, 6) is 0.422. The van der Waals surface area contributed by atoms with E-state index in [1.165, 1.54) is 11.3 Å².